The third kappa shape index (κ3) is 1.82. The molecule has 1 aliphatic heterocycles. The number of hydrogen-bond acceptors (Lipinski definition) is 4. The zero-order valence-corrected chi connectivity index (χ0v) is 11.5. The minimum Gasteiger partial charge on any atom is -0.480 e. The molecule has 0 radical (unpaired) electrons. The lowest BCUT2D eigenvalue weighted by molar-refractivity contribution is 0.406. The maximum Gasteiger partial charge on any atom is 0.228 e. The first-order valence-corrected chi connectivity index (χ1v) is 6.82. The van der Waals surface area contributed by atoms with Crippen molar-refractivity contribution >= 4 is 40.5 Å². The van der Waals surface area contributed by atoms with Crippen molar-refractivity contribution in [2.45, 2.75) is 11.3 Å². The van der Waals surface area contributed by atoms with Crippen LogP contribution in [0.2, 0.25) is 0 Å². The molecular weight excluding hydrogens is 262 g/mol. The van der Waals surface area contributed by atoms with E-state index < -0.39 is 0 Å². The molecule has 18 heavy (non-hydrogen) atoms. The summed E-state index contributed by atoms with van der Waals surface area (Å²) in [7, 11) is 1.64. The van der Waals surface area contributed by atoms with Crippen molar-refractivity contribution in [1.29, 1.82) is 0 Å². The monoisotopic (exact) mass is 273 g/mol. The van der Waals surface area contributed by atoms with Crippen molar-refractivity contribution < 1.29 is 4.74 Å². The maximum atomic E-state index is 5.51. The molecule has 0 fully saturated rings. The number of thiocarbonyl (C=S) groups is 1. The zero-order valence-electron chi connectivity index (χ0n) is 9.84. The molecule has 0 bridgehead atoms. The van der Waals surface area contributed by atoms with Crippen LogP contribution < -0.4 is 0 Å². The highest BCUT2D eigenvalue weighted by Gasteiger charge is 2.24. The molecule has 3 rings (SSSR count). The molecule has 4 heteroatoms. The summed E-state index contributed by atoms with van der Waals surface area (Å²) in [6, 6.07) is 8.20. The number of ether oxygens (including phenoxy) is 1. The predicted octanol–water partition coefficient (Wildman–Crippen LogP) is 3.84. The standard InChI is InChI=1S/C14H11NOS2/c1-16-14-10-6-4-7-11(17)13(10)9-5-2-3-8-12(9)18-15-14/h2-6,8H,7H2,1H3. The van der Waals surface area contributed by atoms with E-state index in [2.05, 4.69) is 28.7 Å². The van der Waals surface area contributed by atoms with Gasteiger partial charge < -0.3 is 4.74 Å². The van der Waals surface area contributed by atoms with Crippen molar-refractivity contribution in [3.05, 3.63) is 47.6 Å². The van der Waals surface area contributed by atoms with Gasteiger partial charge in [0.05, 0.1) is 7.11 Å². The maximum absolute atomic E-state index is 5.51. The Morgan fingerprint density at radius 1 is 1.33 bits per heavy atom. The number of fused-ring (bicyclic) bond motifs is 2. The van der Waals surface area contributed by atoms with E-state index in [1.807, 2.05) is 12.1 Å². The number of rotatable bonds is 0. The van der Waals surface area contributed by atoms with Crippen molar-refractivity contribution in [3.8, 4) is 0 Å². The van der Waals surface area contributed by atoms with E-state index in [0.717, 1.165) is 32.9 Å². The molecule has 0 amide bonds. The van der Waals surface area contributed by atoms with E-state index in [1.165, 1.54) is 11.9 Å². The minimum atomic E-state index is 0.643. The minimum absolute atomic E-state index is 0.643. The predicted molar refractivity (Wildman–Crippen MR) is 80.0 cm³/mol. The number of methoxy groups -OCH3 is 1. The number of allylic oxidation sites excluding steroid dienone is 2. The van der Waals surface area contributed by atoms with Crippen molar-refractivity contribution in [2.24, 2.45) is 4.40 Å². The third-order valence-electron chi connectivity index (χ3n) is 2.94. The highest BCUT2D eigenvalue weighted by atomic mass is 32.2. The average Bonchev–Trinajstić information content (AvgIpc) is 2.56. The Kier molecular flexibility index (Phi) is 3.06. The number of hydrogen-bond donors (Lipinski definition) is 0. The summed E-state index contributed by atoms with van der Waals surface area (Å²) in [5.41, 5.74) is 3.24. The summed E-state index contributed by atoms with van der Waals surface area (Å²) in [6.45, 7) is 0. The largest absolute Gasteiger partial charge is 0.480 e. The molecule has 0 N–H and O–H groups in total. The lowest BCUT2D eigenvalue weighted by atomic mass is 9.91. The molecule has 2 aliphatic rings. The van der Waals surface area contributed by atoms with Gasteiger partial charge in [-0.3, -0.25) is 0 Å². The lowest BCUT2D eigenvalue weighted by Gasteiger charge is -2.16. The summed E-state index contributed by atoms with van der Waals surface area (Å²) in [4.78, 5) is 2.07. The van der Waals surface area contributed by atoms with Crippen LogP contribution in [0.3, 0.4) is 0 Å². The molecule has 1 aromatic rings. The Morgan fingerprint density at radius 3 is 3.00 bits per heavy atom. The Morgan fingerprint density at radius 2 is 2.17 bits per heavy atom. The van der Waals surface area contributed by atoms with Gasteiger partial charge in [-0.25, -0.2) is 0 Å². The highest BCUT2D eigenvalue weighted by molar-refractivity contribution is 7.98. The van der Waals surface area contributed by atoms with Crippen molar-refractivity contribution in [1.82, 2.24) is 0 Å². The second-order valence-electron chi connectivity index (χ2n) is 4.01. The molecule has 0 spiro atoms. The van der Waals surface area contributed by atoms with Gasteiger partial charge >= 0.3 is 0 Å². The van der Waals surface area contributed by atoms with Crippen LogP contribution in [-0.4, -0.2) is 17.9 Å². The Bertz CT molecular complexity index is 614. The Hall–Kier alpha value is -1.39. The second-order valence-corrected chi connectivity index (χ2v) is 5.30. The average molecular weight is 273 g/mol. The van der Waals surface area contributed by atoms with E-state index in [1.54, 1.807) is 7.11 Å². The highest BCUT2D eigenvalue weighted by Crippen LogP contribution is 2.38. The summed E-state index contributed by atoms with van der Waals surface area (Å²) in [6.07, 6.45) is 4.93. The van der Waals surface area contributed by atoms with Gasteiger partial charge in [-0.2, -0.15) is 4.40 Å². The molecule has 0 unspecified atom stereocenters. The molecule has 1 heterocycles. The Balaban J connectivity index is 2.30. The van der Waals surface area contributed by atoms with Gasteiger partial charge in [0, 0.05) is 39.3 Å². The van der Waals surface area contributed by atoms with Gasteiger partial charge in [0.25, 0.3) is 0 Å². The fourth-order valence-electron chi connectivity index (χ4n) is 2.13. The van der Waals surface area contributed by atoms with Crippen molar-refractivity contribution in [2.75, 3.05) is 7.11 Å². The molecule has 0 atom stereocenters. The van der Waals surface area contributed by atoms with Crippen LogP contribution in [0, 0.1) is 0 Å². The van der Waals surface area contributed by atoms with E-state index in [4.69, 9.17) is 17.0 Å². The molecule has 0 saturated carbocycles. The van der Waals surface area contributed by atoms with Crippen LogP contribution >= 0.6 is 24.2 Å². The van der Waals surface area contributed by atoms with Gasteiger partial charge in [0.1, 0.15) is 0 Å². The smallest absolute Gasteiger partial charge is 0.228 e. The molecule has 1 aliphatic carbocycles. The van der Waals surface area contributed by atoms with Gasteiger partial charge in [-0.1, -0.05) is 42.6 Å². The summed E-state index contributed by atoms with van der Waals surface area (Å²) in [5, 5.41) is 0. The number of benzene rings is 1. The lowest BCUT2D eigenvalue weighted by Crippen LogP contribution is -2.12. The summed E-state index contributed by atoms with van der Waals surface area (Å²) >= 11 is 6.95. The van der Waals surface area contributed by atoms with Crippen LogP contribution in [0.4, 0.5) is 0 Å². The zero-order chi connectivity index (χ0) is 12.5. The molecular formula is C14H11NOS2. The van der Waals surface area contributed by atoms with Crippen LogP contribution in [-0.2, 0) is 4.74 Å². The van der Waals surface area contributed by atoms with Gasteiger partial charge in [-0.05, 0) is 11.6 Å². The topological polar surface area (TPSA) is 21.6 Å². The van der Waals surface area contributed by atoms with Gasteiger partial charge in [0.2, 0.25) is 5.90 Å². The van der Waals surface area contributed by atoms with E-state index in [-0.39, 0.29) is 0 Å². The van der Waals surface area contributed by atoms with Crippen LogP contribution in [0.15, 0.2) is 51.3 Å². The first kappa shape index (κ1) is 11.7. The molecule has 2 nitrogen and oxygen atoms in total. The molecule has 0 aromatic heterocycles. The SMILES string of the molecule is COC1=NSc2ccccc2C2=C1C=CCC2=S. The second kappa shape index (κ2) is 4.71. The van der Waals surface area contributed by atoms with Gasteiger partial charge in [0.15, 0.2) is 0 Å². The third-order valence-corrected chi connectivity index (χ3v) is 4.12. The summed E-state index contributed by atoms with van der Waals surface area (Å²) < 4.78 is 9.82. The summed E-state index contributed by atoms with van der Waals surface area (Å²) in [5.74, 6) is 0.643. The quantitative estimate of drug-likeness (QED) is 0.529. The molecule has 1 aromatic carbocycles. The number of nitrogens with zero attached hydrogens (tertiary/aromatic N) is 1. The first-order chi connectivity index (χ1) is 8.81. The van der Waals surface area contributed by atoms with Gasteiger partial charge in [-0.15, -0.1) is 0 Å². The molecule has 90 valence electrons. The fourth-order valence-corrected chi connectivity index (χ4v) is 3.21. The van der Waals surface area contributed by atoms with E-state index >= 15 is 0 Å². The van der Waals surface area contributed by atoms with E-state index in [0.29, 0.717) is 5.90 Å². The van der Waals surface area contributed by atoms with Crippen LogP contribution in [0.5, 0.6) is 0 Å². The van der Waals surface area contributed by atoms with Crippen LogP contribution in [0.25, 0.3) is 5.57 Å². The van der Waals surface area contributed by atoms with Crippen molar-refractivity contribution in [3.63, 3.8) is 0 Å². The molecule has 0 saturated heterocycles. The first-order valence-electron chi connectivity index (χ1n) is 5.64. The van der Waals surface area contributed by atoms with Crippen LogP contribution in [0.1, 0.15) is 12.0 Å². The van der Waals surface area contributed by atoms with E-state index in [9.17, 15) is 0 Å². The fraction of sp³-hybridized carbons (Fsp3) is 0.143. The Labute approximate surface area is 116 Å². The normalized spacial score (nSPS) is 17.8.